The molecule has 1 heterocycles. The smallest absolute Gasteiger partial charge is 0.342 e. The number of rotatable bonds is 2. The number of benzene rings is 1. The normalized spacial score (nSPS) is 28.2. The van der Waals surface area contributed by atoms with Crippen LogP contribution < -0.4 is 0 Å². The zero-order chi connectivity index (χ0) is 12.8. The second-order valence-corrected chi connectivity index (χ2v) is 4.32. The Bertz CT molecular complexity index is 562. The van der Waals surface area contributed by atoms with Crippen molar-refractivity contribution >= 4 is 11.9 Å². The summed E-state index contributed by atoms with van der Waals surface area (Å²) in [5.74, 6) is -1.17. The first-order valence-electron chi connectivity index (χ1n) is 5.52. The van der Waals surface area contributed by atoms with E-state index in [0.717, 1.165) is 0 Å². The second kappa shape index (κ2) is 3.60. The summed E-state index contributed by atoms with van der Waals surface area (Å²) in [5, 5.41) is 9.51. The third kappa shape index (κ3) is 1.64. The van der Waals surface area contributed by atoms with Gasteiger partial charge >= 0.3 is 11.9 Å². The van der Waals surface area contributed by atoms with Gasteiger partial charge < -0.3 is 14.6 Å². The number of carbonyl (C=O) groups excluding carboxylic acids is 2. The summed E-state index contributed by atoms with van der Waals surface area (Å²) in [6, 6.07) is 6.14. The minimum Gasteiger partial charge on any atom is -0.507 e. The fraction of sp³-hybridized carbons (Fsp3) is 0.231. The van der Waals surface area contributed by atoms with Crippen LogP contribution in [0.2, 0.25) is 0 Å². The van der Waals surface area contributed by atoms with Gasteiger partial charge in [0.15, 0.2) is 5.60 Å². The Morgan fingerprint density at radius 1 is 1.44 bits per heavy atom. The highest BCUT2D eigenvalue weighted by atomic mass is 16.6. The van der Waals surface area contributed by atoms with Crippen LogP contribution in [0.1, 0.15) is 16.8 Å². The Kier molecular flexibility index (Phi) is 2.16. The molecule has 0 bridgehead atoms. The Labute approximate surface area is 103 Å². The summed E-state index contributed by atoms with van der Waals surface area (Å²) in [7, 11) is 0. The predicted molar refractivity (Wildman–Crippen MR) is 59.9 cm³/mol. The van der Waals surface area contributed by atoms with E-state index in [4.69, 9.17) is 9.47 Å². The lowest BCUT2D eigenvalue weighted by Crippen LogP contribution is -2.19. The Morgan fingerprint density at radius 2 is 2.22 bits per heavy atom. The number of esters is 2. The van der Waals surface area contributed by atoms with Crippen LogP contribution in [0.3, 0.4) is 0 Å². The van der Waals surface area contributed by atoms with Crippen LogP contribution in [-0.4, -0.2) is 28.8 Å². The number of phenols is 1. The van der Waals surface area contributed by atoms with Crippen molar-refractivity contribution in [3.63, 3.8) is 0 Å². The molecule has 5 nitrogen and oxygen atoms in total. The van der Waals surface area contributed by atoms with E-state index >= 15 is 0 Å². The first-order valence-corrected chi connectivity index (χ1v) is 5.52. The maximum Gasteiger partial charge on any atom is 0.342 e. The molecule has 1 spiro atoms. The summed E-state index contributed by atoms with van der Waals surface area (Å²) in [6.45, 7) is 0. The maximum absolute atomic E-state index is 11.8. The van der Waals surface area contributed by atoms with Gasteiger partial charge in [-0.2, -0.15) is 0 Å². The zero-order valence-electron chi connectivity index (χ0n) is 9.33. The van der Waals surface area contributed by atoms with Gasteiger partial charge in [-0.05, 0) is 18.2 Å². The lowest BCUT2D eigenvalue weighted by atomic mass is 10.2. The van der Waals surface area contributed by atoms with Gasteiger partial charge in [-0.3, -0.25) is 0 Å². The molecule has 92 valence electrons. The van der Waals surface area contributed by atoms with Gasteiger partial charge in [0, 0.05) is 12.5 Å². The van der Waals surface area contributed by atoms with Gasteiger partial charge in [-0.1, -0.05) is 12.1 Å². The summed E-state index contributed by atoms with van der Waals surface area (Å²) in [4.78, 5) is 22.8. The van der Waals surface area contributed by atoms with E-state index in [-0.39, 0.29) is 11.3 Å². The number of phenolic OH excluding ortho intramolecular Hbond substituents is 1. The molecule has 1 aromatic rings. The average molecular weight is 246 g/mol. The molecule has 0 aromatic heterocycles. The topological polar surface area (TPSA) is 72.8 Å². The van der Waals surface area contributed by atoms with Crippen LogP contribution in [-0.2, 0) is 14.3 Å². The van der Waals surface area contributed by atoms with E-state index in [9.17, 15) is 14.7 Å². The molecule has 1 aliphatic heterocycles. The van der Waals surface area contributed by atoms with E-state index in [1.807, 2.05) is 0 Å². The summed E-state index contributed by atoms with van der Waals surface area (Å²) >= 11 is 0. The maximum atomic E-state index is 11.8. The quantitative estimate of drug-likeness (QED) is 0.793. The highest BCUT2D eigenvalue weighted by Crippen LogP contribution is 2.47. The lowest BCUT2D eigenvalue weighted by Gasteiger charge is -2.09. The molecule has 1 aromatic carbocycles. The number of para-hydroxylation sites is 1. The molecule has 0 radical (unpaired) electrons. The van der Waals surface area contributed by atoms with Gasteiger partial charge in [0.25, 0.3) is 0 Å². The molecule has 2 aliphatic rings. The SMILES string of the molecule is O=C1C=C[C@]2(C[C@H]2OC(=O)c2ccccc2O)O1. The van der Waals surface area contributed by atoms with Gasteiger partial charge in [0.05, 0.1) is 0 Å². The van der Waals surface area contributed by atoms with E-state index in [0.29, 0.717) is 6.42 Å². The van der Waals surface area contributed by atoms with E-state index in [1.54, 1.807) is 18.2 Å². The molecule has 2 atom stereocenters. The van der Waals surface area contributed by atoms with Crippen molar-refractivity contribution in [3.8, 4) is 5.75 Å². The third-order valence-corrected chi connectivity index (χ3v) is 3.05. The molecule has 18 heavy (non-hydrogen) atoms. The van der Waals surface area contributed by atoms with Crippen molar-refractivity contribution < 1.29 is 24.2 Å². The molecule has 0 amide bonds. The van der Waals surface area contributed by atoms with Crippen molar-refractivity contribution in [3.05, 3.63) is 42.0 Å². The van der Waals surface area contributed by atoms with Gasteiger partial charge in [0.1, 0.15) is 17.4 Å². The van der Waals surface area contributed by atoms with Crippen molar-refractivity contribution in [2.45, 2.75) is 18.1 Å². The molecule has 3 rings (SSSR count). The summed E-state index contributed by atoms with van der Waals surface area (Å²) in [6.07, 6.45) is 2.94. The minimum atomic E-state index is -0.767. The number of ether oxygens (including phenoxy) is 2. The van der Waals surface area contributed by atoms with Crippen LogP contribution in [0.5, 0.6) is 5.75 Å². The largest absolute Gasteiger partial charge is 0.507 e. The monoisotopic (exact) mass is 246 g/mol. The first kappa shape index (κ1) is 10.8. The number of carbonyl (C=O) groups is 2. The molecule has 5 heteroatoms. The second-order valence-electron chi connectivity index (χ2n) is 4.32. The Morgan fingerprint density at radius 3 is 2.89 bits per heavy atom. The van der Waals surface area contributed by atoms with E-state index in [1.165, 1.54) is 18.2 Å². The lowest BCUT2D eigenvalue weighted by molar-refractivity contribution is -0.141. The minimum absolute atomic E-state index is 0.104. The molecule has 1 saturated carbocycles. The fourth-order valence-corrected chi connectivity index (χ4v) is 1.96. The van der Waals surface area contributed by atoms with Gasteiger partial charge in [-0.25, -0.2) is 9.59 Å². The Hall–Kier alpha value is -2.30. The first-order chi connectivity index (χ1) is 8.61. The van der Waals surface area contributed by atoms with Gasteiger partial charge in [0.2, 0.25) is 0 Å². The van der Waals surface area contributed by atoms with Crippen molar-refractivity contribution in [1.29, 1.82) is 0 Å². The number of hydrogen-bond donors (Lipinski definition) is 1. The van der Waals surface area contributed by atoms with Crippen molar-refractivity contribution in [2.24, 2.45) is 0 Å². The molecule has 0 unspecified atom stereocenters. The molecule has 0 saturated heterocycles. The molecular formula is C13H10O5. The fourth-order valence-electron chi connectivity index (χ4n) is 1.96. The Balaban J connectivity index is 1.69. The average Bonchev–Trinajstić information content (AvgIpc) is 2.84. The van der Waals surface area contributed by atoms with Crippen LogP contribution in [0, 0.1) is 0 Å². The summed E-state index contributed by atoms with van der Waals surface area (Å²) < 4.78 is 10.2. The molecule has 1 N–H and O–H groups in total. The highest BCUT2D eigenvalue weighted by Gasteiger charge is 2.61. The van der Waals surface area contributed by atoms with E-state index < -0.39 is 23.6 Å². The number of hydrogen-bond acceptors (Lipinski definition) is 5. The van der Waals surface area contributed by atoms with Gasteiger partial charge in [-0.15, -0.1) is 0 Å². The van der Waals surface area contributed by atoms with E-state index in [2.05, 4.69) is 0 Å². The molecule has 1 aliphatic carbocycles. The van der Waals surface area contributed by atoms with Crippen molar-refractivity contribution in [2.75, 3.05) is 0 Å². The van der Waals surface area contributed by atoms with Crippen LogP contribution in [0.4, 0.5) is 0 Å². The highest BCUT2D eigenvalue weighted by molar-refractivity contribution is 5.93. The zero-order valence-corrected chi connectivity index (χ0v) is 9.33. The molecular weight excluding hydrogens is 236 g/mol. The van der Waals surface area contributed by atoms with Crippen LogP contribution >= 0.6 is 0 Å². The number of aromatic hydroxyl groups is 1. The van der Waals surface area contributed by atoms with Crippen LogP contribution in [0.15, 0.2) is 36.4 Å². The molecule has 1 fully saturated rings. The third-order valence-electron chi connectivity index (χ3n) is 3.05. The predicted octanol–water partition coefficient (Wildman–Crippen LogP) is 1.17. The standard InChI is InChI=1S/C13H10O5/c14-9-4-2-1-3-8(9)12(16)17-10-7-13(10)6-5-11(15)18-13/h1-6,10,14H,7H2/t10-,13-/m1/s1. The van der Waals surface area contributed by atoms with Crippen LogP contribution in [0.25, 0.3) is 0 Å². The summed E-state index contributed by atoms with van der Waals surface area (Å²) in [5.41, 5.74) is -0.662. The van der Waals surface area contributed by atoms with Crippen molar-refractivity contribution in [1.82, 2.24) is 0 Å².